The van der Waals surface area contributed by atoms with E-state index in [1.54, 1.807) is 6.20 Å². The maximum absolute atomic E-state index is 12.5. The standard InChI is InChI=1S/C25H38N2O2/c1-3-5-7-8-10-16-25(20-26)17-14-23(15-18-25)29-24(28)21-12-13-22(27-19-21)11-9-6-4-2/h12-13,19,23H,3-11,14-18H2,1-2H3. The summed E-state index contributed by atoms with van der Waals surface area (Å²) in [4.78, 5) is 16.9. The average Bonchev–Trinajstić information content (AvgIpc) is 2.75. The molecule has 0 atom stereocenters. The summed E-state index contributed by atoms with van der Waals surface area (Å²) in [5.74, 6) is -0.286. The Hall–Kier alpha value is -1.89. The highest BCUT2D eigenvalue weighted by molar-refractivity contribution is 5.89. The molecule has 1 aromatic rings. The number of pyridine rings is 1. The van der Waals surface area contributed by atoms with Crippen LogP contribution in [0.5, 0.6) is 0 Å². The van der Waals surface area contributed by atoms with Crippen LogP contribution in [-0.4, -0.2) is 17.1 Å². The zero-order valence-corrected chi connectivity index (χ0v) is 18.4. The van der Waals surface area contributed by atoms with Crippen LogP contribution in [0.2, 0.25) is 0 Å². The summed E-state index contributed by atoms with van der Waals surface area (Å²) in [5, 5.41) is 9.73. The lowest BCUT2D eigenvalue weighted by Crippen LogP contribution is -2.31. The number of nitriles is 1. The van der Waals surface area contributed by atoms with Crippen LogP contribution in [0, 0.1) is 16.7 Å². The Kier molecular flexibility index (Phi) is 10.2. The minimum absolute atomic E-state index is 0.0757. The molecule has 0 saturated heterocycles. The van der Waals surface area contributed by atoms with Gasteiger partial charge in [-0.2, -0.15) is 5.26 Å². The fraction of sp³-hybridized carbons (Fsp3) is 0.720. The Labute approximate surface area is 177 Å². The number of ether oxygens (including phenoxy) is 1. The molecular weight excluding hydrogens is 360 g/mol. The van der Waals surface area contributed by atoms with Crippen LogP contribution in [0.3, 0.4) is 0 Å². The molecule has 0 unspecified atom stereocenters. The van der Waals surface area contributed by atoms with Gasteiger partial charge in [0, 0.05) is 11.9 Å². The van der Waals surface area contributed by atoms with Gasteiger partial charge >= 0.3 is 5.97 Å². The predicted molar refractivity (Wildman–Crippen MR) is 117 cm³/mol. The van der Waals surface area contributed by atoms with Crippen molar-refractivity contribution < 1.29 is 9.53 Å². The van der Waals surface area contributed by atoms with Crippen LogP contribution >= 0.6 is 0 Å². The number of unbranched alkanes of at least 4 members (excludes halogenated alkanes) is 6. The van der Waals surface area contributed by atoms with E-state index in [0.717, 1.165) is 57.1 Å². The van der Waals surface area contributed by atoms with Crippen LogP contribution in [0.1, 0.15) is 113 Å². The van der Waals surface area contributed by atoms with Gasteiger partial charge in [0.1, 0.15) is 6.10 Å². The fourth-order valence-electron chi connectivity index (χ4n) is 4.22. The second-order valence-corrected chi connectivity index (χ2v) is 8.66. The fourth-order valence-corrected chi connectivity index (χ4v) is 4.22. The number of rotatable bonds is 12. The SMILES string of the molecule is CCCCCCCC1(C#N)CCC(OC(=O)c2ccc(CCCCC)nc2)CC1. The third kappa shape index (κ3) is 7.80. The molecule has 0 spiro atoms. The number of nitrogens with zero attached hydrogens (tertiary/aromatic N) is 2. The summed E-state index contributed by atoms with van der Waals surface area (Å²) in [6.07, 6.45) is 16.4. The number of hydrogen-bond donors (Lipinski definition) is 0. The van der Waals surface area contributed by atoms with E-state index >= 15 is 0 Å². The molecule has 0 amide bonds. The van der Waals surface area contributed by atoms with Gasteiger partial charge in [0.05, 0.1) is 17.0 Å². The van der Waals surface area contributed by atoms with Gasteiger partial charge in [0.25, 0.3) is 0 Å². The van der Waals surface area contributed by atoms with Gasteiger partial charge in [-0.05, 0) is 57.1 Å². The summed E-state index contributed by atoms with van der Waals surface area (Å²) in [7, 11) is 0. The topological polar surface area (TPSA) is 63.0 Å². The summed E-state index contributed by atoms with van der Waals surface area (Å²) in [6, 6.07) is 6.36. The van der Waals surface area contributed by atoms with Gasteiger partial charge in [0.2, 0.25) is 0 Å². The molecule has 2 rings (SSSR count). The van der Waals surface area contributed by atoms with Crippen molar-refractivity contribution in [1.29, 1.82) is 5.26 Å². The number of hydrogen-bond acceptors (Lipinski definition) is 4. The molecule has 4 heteroatoms. The Balaban J connectivity index is 1.76. The molecule has 1 aromatic heterocycles. The van der Waals surface area contributed by atoms with Crippen LogP contribution in [0.4, 0.5) is 0 Å². The smallest absolute Gasteiger partial charge is 0.339 e. The van der Waals surface area contributed by atoms with Gasteiger partial charge in [-0.3, -0.25) is 4.98 Å². The average molecular weight is 399 g/mol. The molecule has 1 fully saturated rings. The van der Waals surface area contributed by atoms with Crippen molar-refractivity contribution in [3.63, 3.8) is 0 Å². The molecule has 1 aliphatic carbocycles. The van der Waals surface area contributed by atoms with E-state index in [2.05, 4.69) is 24.9 Å². The first-order valence-corrected chi connectivity index (χ1v) is 11.7. The van der Waals surface area contributed by atoms with Crippen molar-refractivity contribution in [1.82, 2.24) is 4.98 Å². The third-order valence-electron chi connectivity index (χ3n) is 6.26. The Morgan fingerprint density at radius 2 is 1.79 bits per heavy atom. The second kappa shape index (κ2) is 12.6. The van der Waals surface area contributed by atoms with Gasteiger partial charge in [-0.25, -0.2) is 4.79 Å². The van der Waals surface area contributed by atoms with E-state index in [9.17, 15) is 10.1 Å². The number of carbonyl (C=O) groups excluding carboxylic acids is 1. The maximum Gasteiger partial charge on any atom is 0.339 e. The van der Waals surface area contributed by atoms with Gasteiger partial charge in [-0.1, -0.05) is 58.8 Å². The molecular formula is C25H38N2O2. The van der Waals surface area contributed by atoms with Gasteiger partial charge < -0.3 is 4.74 Å². The third-order valence-corrected chi connectivity index (χ3v) is 6.26. The monoisotopic (exact) mass is 398 g/mol. The number of carbonyl (C=O) groups is 1. The maximum atomic E-state index is 12.5. The van der Waals surface area contributed by atoms with Gasteiger partial charge in [0.15, 0.2) is 0 Å². The largest absolute Gasteiger partial charge is 0.459 e. The lowest BCUT2D eigenvalue weighted by Gasteiger charge is -2.34. The molecule has 0 bridgehead atoms. The van der Waals surface area contributed by atoms with Crippen molar-refractivity contribution in [2.75, 3.05) is 0 Å². The van der Waals surface area contributed by atoms with Crippen LogP contribution in [0.25, 0.3) is 0 Å². The molecule has 160 valence electrons. The van der Waals surface area contributed by atoms with Crippen molar-refractivity contribution >= 4 is 5.97 Å². The van der Waals surface area contributed by atoms with Crippen molar-refractivity contribution in [3.8, 4) is 6.07 Å². The summed E-state index contributed by atoms with van der Waals surface area (Å²) >= 11 is 0. The van der Waals surface area contributed by atoms with Crippen molar-refractivity contribution in [2.24, 2.45) is 5.41 Å². The van der Waals surface area contributed by atoms with E-state index in [1.807, 2.05) is 12.1 Å². The lowest BCUT2D eigenvalue weighted by atomic mass is 9.71. The van der Waals surface area contributed by atoms with Crippen molar-refractivity contribution in [3.05, 3.63) is 29.6 Å². The first-order valence-electron chi connectivity index (χ1n) is 11.7. The molecule has 0 aliphatic heterocycles. The quantitative estimate of drug-likeness (QED) is 0.287. The normalized spacial score (nSPS) is 21.5. The molecule has 0 radical (unpaired) electrons. The molecule has 0 aromatic carbocycles. The molecule has 1 heterocycles. The highest BCUT2D eigenvalue weighted by atomic mass is 16.5. The van der Waals surface area contributed by atoms with E-state index in [-0.39, 0.29) is 17.5 Å². The van der Waals surface area contributed by atoms with E-state index in [1.165, 1.54) is 38.5 Å². The highest BCUT2D eigenvalue weighted by Crippen LogP contribution is 2.41. The summed E-state index contributed by atoms with van der Waals surface area (Å²) in [6.45, 7) is 4.41. The number of aromatic nitrogens is 1. The minimum atomic E-state index is -0.286. The molecule has 0 N–H and O–H groups in total. The number of aryl methyl sites for hydroxylation is 1. The van der Waals surface area contributed by atoms with E-state index in [4.69, 9.17) is 4.74 Å². The second-order valence-electron chi connectivity index (χ2n) is 8.66. The summed E-state index contributed by atoms with van der Waals surface area (Å²) < 4.78 is 5.72. The molecule has 1 saturated carbocycles. The molecule has 4 nitrogen and oxygen atoms in total. The predicted octanol–water partition coefficient (Wildman–Crippen LogP) is 6.78. The van der Waals surface area contributed by atoms with Crippen molar-refractivity contribution in [2.45, 2.75) is 110 Å². The number of esters is 1. The first kappa shape index (κ1) is 23.4. The zero-order chi connectivity index (χ0) is 21.0. The lowest BCUT2D eigenvalue weighted by molar-refractivity contribution is 0.0104. The van der Waals surface area contributed by atoms with Gasteiger partial charge in [-0.15, -0.1) is 0 Å². The zero-order valence-electron chi connectivity index (χ0n) is 18.4. The minimum Gasteiger partial charge on any atom is -0.459 e. The summed E-state index contributed by atoms with van der Waals surface area (Å²) in [5.41, 5.74) is 1.35. The Morgan fingerprint density at radius 3 is 2.41 bits per heavy atom. The van der Waals surface area contributed by atoms with E-state index < -0.39 is 0 Å². The Morgan fingerprint density at radius 1 is 1.10 bits per heavy atom. The highest BCUT2D eigenvalue weighted by Gasteiger charge is 2.36. The molecule has 29 heavy (non-hydrogen) atoms. The Bertz CT molecular complexity index is 640. The first-order chi connectivity index (χ1) is 14.1. The van der Waals surface area contributed by atoms with Crippen LogP contribution < -0.4 is 0 Å². The van der Waals surface area contributed by atoms with Crippen LogP contribution in [-0.2, 0) is 11.2 Å². The van der Waals surface area contributed by atoms with E-state index in [0.29, 0.717) is 5.56 Å². The molecule has 1 aliphatic rings. The van der Waals surface area contributed by atoms with Crippen LogP contribution in [0.15, 0.2) is 18.3 Å².